The fourth-order valence-electron chi connectivity index (χ4n) is 0.776. The summed E-state index contributed by atoms with van der Waals surface area (Å²) in [5.74, 6) is 0.272. The van der Waals surface area contributed by atoms with E-state index in [1.54, 1.807) is 0 Å². The molecule has 6 nitrogen and oxygen atoms in total. The number of aromatic nitrogens is 2. The molecule has 0 fully saturated rings. The monoisotopic (exact) mass is 173 g/mol. The lowest BCUT2D eigenvalue weighted by Gasteiger charge is -2.10. The summed E-state index contributed by atoms with van der Waals surface area (Å²) < 4.78 is 14.3. The van der Waals surface area contributed by atoms with Gasteiger partial charge in [0, 0.05) is 20.6 Å². The van der Waals surface area contributed by atoms with Gasteiger partial charge < -0.3 is 15.2 Å². The van der Waals surface area contributed by atoms with Gasteiger partial charge >= 0.3 is 0 Å². The van der Waals surface area contributed by atoms with Gasteiger partial charge in [0.15, 0.2) is 12.1 Å². The Morgan fingerprint density at radius 3 is 2.50 bits per heavy atom. The standard InChI is InChI=1S/C6H11N3O3/c1-10-5(11-2)3-4-6(7)9-12-8-4/h5H,3H2,1-2H3,(H2,7,9). The zero-order valence-electron chi connectivity index (χ0n) is 6.98. The molecular weight excluding hydrogens is 162 g/mol. The highest BCUT2D eigenvalue weighted by Crippen LogP contribution is 2.08. The van der Waals surface area contributed by atoms with E-state index in [0.29, 0.717) is 12.1 Å². The van der Waals surface area contributed by atoms with Crippen LogP contribution in [-0.2, 0) is 15.9 Å². The van der Waals surface area contributed by atoms with Crippen molar-refractivity contribution in [1.29, 1.82) is 0 Å². The summed E-state index contributed by atoms with van der Waals surface area (Å²) in [4.78, 5) is 0. The molecule has 6 heteroatoms. The second-order valence-corrected chi connectivity index (χ2v) is 2.20. The molecule has 1 heterocycles. The minimum absolute atomic E-state index is 0.272. The molecule has 12 heavy (non-hydrogen) atoms. The van der Waals surface area contributed by atoms with E-state index in [0.717, 1.165) is 0 Å². The Labute approximate surface area is 69.6 Å². The second-order valence-electron chi connectivity index (χ2n) is 2.20. The van der Waals surface area contributed by atoms with Crippen LogP contribution in [0.1, 0.15) is 5.69 Å². The molecule has 0 saturated carbocycles. The smallest absolute Gasteiger partial charge is 0.191 e. The molecule has 0 unspecified atom stereocenters. The maximum atomic E-state index is 5.42. The predicted octanol–water partition coefficient (Wildman–Crippen LogP) is -0.187. The van der Waals surface area contributed by atoms with Crippen molar-refractivity contribution >= 4 is 5.82 Å². The lowest BCUT2D eigenvalue weighted by atomic mass is 10.3. The van der Waals surface area contributed by atoms with Gasteiger partial charge in [-0.15, -0.1) is 0 Å². The number of hydrogen-bond acceptors (Lipinski definition) is 6. The van der Waals surface area contributed by atoms with Gasteiger partial charge in [-0.3, -0.25) is 0 Å². The third-order valence-corrected chi connectivity index (χ3v) is 1.47. The lowest BCUT2D eigenvalue weighted by Crippen LogP contribution is -2.17. The minimum atomic E-state index is -0.362. The predicted molar refractivity (Wildman–Crippen MR) is 40.2 cm³/mol. The summed E-state index contributed by atoms with van der Waals surface area (Å²) in [6.07, 6.45) is 0.0710. The molecule has 1 aromatic heterocycles. The highest BCUT2D eigenvalue weighted by Gasteiger charge is 2.13. The van der Waals surface area contributed by atoms with Crippen LogP contribution in [0.15, 0.2) is 4.63 Å². The van der Waals surface area contributed by atoms with Crippen LogP contribution in [-0.4, -0.2) is 30.8 Å². The zero-order chi connectivity index (χ0) is 8.97. The molecule has 0 aliphatic carbocycles. The molecule has 68 valence electrons. The Hall–Kier alpha value is -1.14. The summed E-state index contributed by atoms with van der Waals surface area (Å²) in [7, 11) is 3.08. The number of methoxy groups -OCH3 is 2. The van der Waals surface area contributed by atoms with E-state index in [1.807, 2.05) is 0 Å². The summed E-state index contributed by atoms with van der Waals surface area (Å²) in [5, 5.41) is 7.00. The first-order chi connectivity index (χ1) is 5.77. The van der Waals surface area contributed by atoms with Crippen molar-refractivity contribution in [3.8, 4) is 0 Å². The number of rotatable bonds is 4. The van der Waals surface area contributed by atoms with Crippen LogP contribution in [0.3, 0.4) is 0 Å². The Kier molecular flexibility index (Phi) is 3.01. The van der Waals surface area contributed by atoms with Gasteiger partial charge in [0.25, 0.3) is 0 Å². The Morgan fingerprint density at radius 2 is 2.08 bits per heavy atom. The molecule has 2 N–H and O–H groups in total. The van der Waals surface area contributed by atoms with Gasteiger partial charge in [-0.2, -0.15) is 0 Å². The van der Waals surface area contributed by atoms with Crippen LogP contribution in [0.2, 0.25) is 0 Å². The lowest BCUT2D eigenvalue weighted by molar-refractivity contribution is -0.101. The molecule has 0 bridgehead atoms. The van der Waals surface area contributed by atoms with Crippen LogP contribution >= 0.6 is 0 Å². The van der Waals surface area contributed by atoms with E-state index in [-0.39, 0.29) is 12.1 Å². The minimum Gasteiger partial charge on any atom is -0.379 e. The van der Waals surface area contributed by atoms with Gasteiger partial charge in [0.1, 0.15) is 5.69 Å². The number of anilines is 1. The van der Waals surface area contributed by atoms with Crippen LogP contribution < -0.4 is 5.73 Å². The zero-order valence-corrected chi connectivity index (χ0v) is 6.98. The first-order valence-corrected chi connectivity index (χ1v) is 3.40. The van der Waals surface area contributed by atoms with Crippen LogP contribution in [0.25, 0.3) is 0 Å². The molecule has 0 saturated heterocycles. The fourth-order valence-corrected chi connectivity index (χ4v) is 0.776. The van der Waals surface area contributed by atoms with Crippen molar-refractivity contribution in [2.24, 2.45) is 0 Å². The molecule has 0 atom stereocenters. The third kappa shape index (κ3) is 1.93. The highest BCUT2D eigenvalue weighted by atomic mass is 16.7. The van der Waals surface area contributed by atoms with Crippen LogP contribution in [0.4, 0.5) is 5.82 Å². The van der Waals surface area contributed by atoms with E-state index in [9.17, 15) is 0 Å². The fraction of sp³-hybridized carbons (Fsp3) is 0.667. The molecule has 1 rings (SSSR count). The average Bonchev–Trinajstić information content (AvgIpc) is 2.47. The molecule has 0 aliphatic rings. The average molecular weight is 173 g/mol. The quantitative estimate of drug-likeness (QED) is 0.635. The molecule has 0 amide bonds. The van der Waals surface area contributed by atoms with Crippen molar-refractivity contribution in [2.45, 2.75) is 12.7 Å². The maximum absolute atomic E-state index is 5.42. The second kappa shape index (κ2) is 4.03. The number of hydrogen-bond donors (Lipinski definition) is 1. The Bertz CT molecular complexity index is 234. The topological polar surface area (TPSA) is 83.4 Å². The first-order valence-electron chi connectivity index (χ1n) is 3.40. The van der Waals surface area contributed by atoms with Gasteiger partial charge in [0.05, 0.1) is 0 Å². The number of nitrogens with two attached hydrogens (primary N) is 1. The Morgan fingerprint density at radius 1 is 1.42 bits per heavy atom. The van der Waals surface area contributed by atoms with Crippen molar-refractivity contribution in [3.63, 3.8) is 0 Å². The van der Waals surface area contributed by atoms with Crippen LogP contribution in [0.5, 0.6) is 0 Å². The van der Waals surface area contributed by atoms with Crippen molar-refractivity contribution in [1.82, 2.24) is 10.3 Å². The summed E-state index contributed by atoms with van der Waals surface area (Å²) >= 11 is 0. The molecule has 1 aromatic rings. The first kappa shape index (κ1) is 8.95. The molecule has 0 radical (unpaired) electrons. The SMILES string of the molecule is COC(Cc1nonc1N)OC. The summed E-state index contributed by atoms with van der Waals surface area (Å²) in [6.45, 7) is 0. The normalized spacial score (nSPS) is 10.9. The van der Waals surface area contributed by atoms with Crippen molar-refractivity contribution in [2.75, 3.05) is 20.0 Å². The number of nitrogen functional groups attached to an aromatic ring is 1. The summed E-state index contributed by atoms with van der Waals surface area (Å²) in [6, 6.07) is 0. The van der Waals surface area contributed by atoms with Crippen molar-refractivity contribution < 1.29 is 14.1 Å². The van der Waals surface area contributed by atoms with E-state index in [2.05, 4.69) is 14.9 Å². The maximum Gasteiger partial charge on any atom is 0.191 e. The summed E-state index contributed by atoms with van der Waals surface area (Å²) in [5.41, 5.74) is 5.96. The molecule has 0 spiro atoms. The molecule has 0 aromatic carbocycles. The number of ether oxygens (including phenoxy) is 2. The van der Waals surface area contributed by atoms with Gasteiger partial charge in [-0.25, -0.2) is 4.63 Å². The van der Waals surface area contributed by atoms with Crippen molar-refractivity contribution in [3.05, 3.63) is 5.69 Å². The van der Waals surface area contributed by atoms with Crippen LogP contribution in [0, 0.1) is 0 Å². The van der Waals surface area contributed by atoms with E-state index < -0.39 is 0 Å². The van der Waals surface area contributed by atoms with E-state index in [4.69, 9.17) is 15.2 Å². The Balaban J connectivity index is 2.56. The van der Waals surface area contributed by atoms with E-state index >= 15 is 0 Å². The van der Waals surface area contributed by atoms with Gasteiger partial charge in [0.2, 0.25) is 0 Å². The van der Waals surface area contributed by atoms with Gasteiger partial charge in [-0.1, -0.05) is 5.16 Å². The third-order valence-electron chi connectivity index (χ3n) is 1.47. The van der Waals surface area contributed by atoms with Gasteiger partial charge in [-0.05, 0) is 5.16 Å². The van der Waals surface area contributed by atoms with E-state index in [1.165, 1.54) is 14.2 Å². The molecular formula is C6H11N3O3. The number of nitrogens with zero attached hydrogens (tertiary/aromatic N) is 2. The molecule has 0 aliphatic heterocycles. The highest BCUT2D eigenvalue weighted by molar-refractivity contribution is 5.31. The largest absolute Gasteiger partial charge is 0.379 e.